The van der Waals surface area contributed by atoms with Gasteiger partial charge in [-0.05, 0) is 57.2 Å². The van der Waals surface area contributed by atoms with Crippen molar-refractivity contribution < 1.29 is 0 Å². The number of piperidine rings is 1. The number of nitrogens with zero attached hydrogens (tertiary/aromatic N) is 1. The van der Waals surface area contributed by atoms with Gasteiger partial charge in [0.15, 0.2) is 0 Å². The van der Waals surface area contributed by atoms with Crippen LogP contribution >= 0.6 is 0 Å². The van der Waals surface area contributed by atoms with Crippen LogP contribution in [-0.4, -0.2) is 36.6 Å². The van der Waals surface area contributed by atoms with E-state index in [0.717, 1.165) is 6.54 Å². The molecule has 21 heavy (non-hydrogen) atoms. The molecule has 0 spiro atoms. The fourth-order valence-corrected chi connectivity index (χ4v) is 3.35. The van der Waals surface area contributed by atoms with E-state index in [1.807, 2.05) is 0 Å². The van der Waals surface area contributed by atoms with Crippen molar-refractivity contribution in [3.8, 4) is 0 Å². The quantitative estimate of drug-likeness (QED) is 0.854. The highest BCUT2D eigenvalue weighted by Gasteiger charge is 2.22. The molecule has 0 amide bonds. The molecule has 118 valence electrons. The van der Waals surface area contributed by atoms with Gasteiger partial charge in [-0.2, -0.15) is 0 Å². The molecular weight excluding hydrogens is 256 g/mol. The van der Waals surface area contributed by atoms with Gasteiger partial charge in [-0.15, -0.1) is 0 Å². The van der Waals surface area contributed by atoms with Gasteiger partial charge in [0.25, 0.3) is 0 Å². The molecule has 0 radical (unpaired) electrons. The smallest absolute Gasteiger partial charge is 0.00916 e. The average Bonchev–Trinajstić information content (AvgIpc) is 2.48. The van der Waals surface area contributed by atoms with E-state index in [4.69, 9.17) is 0 Å². The molecule has 2 heteroatoms. The van der Waals surface area contributed by atoms with Crippen molar-refractivity contribution in [3.63, 3.8) is 0 Å². The number of hydrogen-bond donors (Lipinski definition) is 1. The number of benzene rings is 1. The second-order valence-corrected chi connectivity index (χ2v) is 7.07. The standard InChI is InChI=1S/C19H32N2/c1-15(2)19(17-8-6-5-7-9-17)14-20-18-10-12-21(13-11-18)16(3)4/h5-9,15-16,18-20H,10-14H2,1-4H3. The Morgan fingerprint density at radius 2 is 1.67 bits per heavy atom. The van der Waals surface area contributed by atoms with Crippen molar-refractivity contribution in [3.05, 3.63) is 35.9 Å². The monoisotopic (exact) mass is 288 g/mol. The van der Waals surface area contributed by atoms with Crippen LogP contribution in [0.3, 0.4) is 0 Å². The van der Waals surface area contributed by atoms with Gasteiger partial charge >= 0.3 is 0 Å². The summed E-state index contributed by atoms with van der Waals surface area (Å²) < 4.78 is 0. The average molecular weight is 288 g/mol. The molecule has 0 aromatic heterocycles. The number of likely N-dealkylation sites (tertiary alicyclic amines) is 1. The number of rotatable bonds is 6. The Balaban J connectivity index is 1.84. The van der Waals surface area contributed by atoms with E-state index in [2.05, 4.69) is 68.2 Å². The van der Waals surface area contributed by atoms with Crippen LogP contribution < -0.4 is 5.32 Å². The molecule has 1 atom stereocenters. The summed E-state index contributed by atoms with van der Waals surface area (Å²) in [6, 6.07) is 12.4. The van der Waals surface area contributed by atoms with Crippen LogP contribution in [0.15, 0.2) is 30.3 Å². The lowest BCUT2D eigenvalue weighted by atomic mass is 9.88. The highest BCUT2D eigenvalue weighted by molar-refractivity contribution is 5.20. The molecule has 1 heterocycles. The molecule has 1 fully saturated rings. The minimum Gasteiger partial charge on any atom is -0.313 e. The van der Waals surface area contributed by atoms with Crippen molar-refractivity contribution in [2.24, 2.45) is 5.92 Å². The van der Waals surface area contributed by atoms with E-state index >= 15 is 0 Å². The summed E-state index contributed by atoms with van der Waals surface area (Å²) >= 11 is 0. The van der Waals surface area contributed by atoms with Gasteiger partial charge in [-0.25, -0.2) is 0 Å². The maximum Gasteiger partial charge on any atom is 0.00916 e. The summed E-state index contributed by atoms with van der Waals surface area (Å²) in [5.74, 6) is 1.30. The number of nitrogens with one attached hydrogen (secondary N) is 1. The SMILES string of the molecule is CC(C)C(CNC1CCN(C(C)C)CC1)c1ccccc1. The highest BCUT2D eigenvalue weighted by atomic mass is 15.2. The van der Waals surface area contributed by atoms with Gasteiger partial charge < -0.3 is 10.2 Å². The fraction of sp³-hybridized carbons (Fsp3) is 0.684. The fourth-order valence-electron chi connectivity index (χ4n) is 3.35. The number of hydrogen-bond acceptors (Lipinski definition) is 2. The maximum atomic E-state index is 3.83. The van der Waals surface area contributed by atoms with Crippen LogP contribution in [0.1, 0.15) is 52.0 Å². The van der Waals surface area contributed by atoms with Crippen molar-refractivity contribution in [2.75, 3.05) is 19.6 Å². The zero-order chi connectivity index (χ0) is 15.2. The molecule has 0 bridgehead atoms. The zero-order valence-electron chi connectivity index (χ0n) is 14.2. The van der Waals surface area contributed by atoms with Gasteiger partial charge in [0.1, 0.15) is 0 Å². The lowest BCUT2D eigenvalue weighted by molar-refractivity contribution is 0.160. The normalized spacial score (nSPS) is 19.3. The summed E-state index contributed by atoms with van der Waals surface area (Å²) in [7, 11) is 0. The Hall–Kier alpha value is -0.860. The van der Waals surface area contributed by atoms with Gasteiger partial charge in [-0.3, -0.25) is 0 Å². The summed E-state index contributed by atoms with van der Waals surface area (Å²) in [6.07, 6.45) is 2.58. The van der Waals surface area contributed by atoms with E-state index in [1.165, 1.54) is 31.5 Å². The van der Waals surface area contributed by atoms with Crippen molar-refractivity contribution in [2.45, 2.75) is 58.5 Å². The Labute approximate surface area is 130 Å². The van der Waals surface area contributed by atoms with Crippen LogP contribution in [-0.2, 0) is 0 Å². The van der Waals surface area contributed by atoms with Gasteiger partial charge in [0.2, 0.25) is 0 Å². The van der Waals surface area contributed by atoms with E-state index < -0.39 is 0 Å². The van der Waals surface area contributed by atoms with E-state index in [9.17, 15) is 0 Å². The summed E-state index contributed by atoms with van der Waals surface area (Å²) in [4.78, 5) is 2.59. The lowest BCUT2D eigenvalue weighted by Crippen LogP contribution is -2.46. The van der Waals surface area contributed by atoms with E-state index in [1.54, 1.807) is 0 Å². The minimum atomic E-state index is 0.620. The first-order chi connectivity index (χ1) is 10.1. The predicted octanol–water partition coefficient (Wildman–Crippen LogP) is 3.89. The van der Waals surface area contributed by atoms with E-state index in [-0.39, 0.29) is 0 Å². The second kappa shape index (κ2) is 7.95. The summed E-state index contributed by atoms with van der Waals surface area (Å²) in [5, 5.41) is 3.83. The Kier molecular flexibility index (Phi) is 6.25. The first-order valence-corrected chi connectivity index (χ1v) is 8.60. The largest absolute Gasteiger partial charge is 0.313 e. The molecule has 1 aliphatic rings. The maximum absolute atomic E-state index is 3.83. The molecule has 1 aromatic carbocycles. The third-order valence-corrected chi connectivity index (χ3v) is 4.92. The molecule has 1 unspecified atom stereocenters. The van der Waals surface area contributed by atoms with Gasteiger partial charge in [0.05, 0.1) is 0 Å². The molecule has 2 nitrogen and oxygen atoms in total. The van der Waals surface area contributed by atoms with Gasteiger partial charge in [0, 0.05) is 18.6 Å². The third-order valence-electron chi connectivity index (χ3n) is 4.92. The molecule has 1 N–H and O–H groups in total. The van der Waals surface area contributed by atoms with Crippen molar-refractivity contribution in [1.29, 1.82) is 0 Å². The van der Waals surface area contributed by atoms with Crippen molar-refractivity contribution >= 4 is 0 Å². The predicted molar refractivity (Wildman–Crippen MR) is 91.8 cm³/mol. The van der Waals surface area contributed by atoms with Crippen LogP contribution in [0.25, 0.3) is 0 Å². The second-order valence-electron chi connectivity index (χ2n) is 7.07. The van der Waals surface area contributed by atoms with Gasteiger partial charge in [-0.1, -0.05) is 44.2 Å². The van der Waals surface area contributed by atoms with E-state index in [0.29, 0.717) is 23.9 Å². The summed E-state index contributed by atoms with van der Waals surface area (Å²) in [6.45, 7) is 12.9. The molecule has 1 aliphatic heterocycles. The van der Waals surface area contributed by atoms with Crippen LogP contribution in [0.2, 0.25) is 0 Å². The molecular formula is C19H32N2. The van der Waals surface area contributed by atoms with Crippen molar-refractivity contribution in [1.82, 2.24) is 10.2 Å². The Bertz CT molecular complexity index is 391. The lowest BCUT2D eigenvalue weighted by Gasteiger charge is -2.36. The summed E-state index contributed by atoms with van der Waals surface area (Å²) in [5.41, 5.74) is 1.47. The van der Waals surface area contributed by atoms with Crippen LogP contribution in [0.4, 0.5) is 0 Å². The molecule has 1 aromatic rings. The first kappa shape index (κ1) is 16.5. The first-order valence-electron chi connectivity index (χ1n) is 8.60. The Morgan fingerprint density at radius 1 is 1.05 bits per heavy atom. The molecule has 0 saturated carbocycles. The minimum absolute atomic E-state index is 0.620. The topological polar surface area (TPSA) is 15.3 Å². The van der Waals surface area contributed by atoms with Crippen LogP contribution in [0.5, 0.6) is 0 Å². The zero-order valence-corrected chi connectivity index (χ0v) is 14.2. The molecule has 2 rings (SSSR count). The Morgan fingerprint density at radius 3 is 2.19 bits per heavy atom. The third kappa shape index (κ3) is 4.82. The van der Waals surface area contributed by atoms with Crippen LogP contribution in [0, 0.1) is 5.92 Å². The molecule has 0 aliphatic carbocycles. The highest BCUT2D eigenvalue weighted by Crippen LogP contribution is 2.24. The molecule has 1 saturated heterocycles.